The van der Waals surface area contributed by atoms with Crippen LogP contribution in [0.4, 0.5) is 0 Å². The van der Waals surface area contributed by atoms with Gasteiger partial charge in [0.15, 0.2) is 0 Å². The Hall–Kier alpha value is -1.64. The first-order valence-electron chi connectivity index (χ1n) is 4.75. The van der Waals surface area contributed by atoms with E-state index in [2.05, 4.69) is 0 Å². The molecule has 15 heavy (non-hydrogen) atoms. The van der Waals surface area contributed by atoms with E-state index in [9.17, 15) is 9.59 Å². The Bertz CT molecular complexity index is 380. The van der Waals surface area contributed by atoms with E-state index in [1.807, 2.05) is 6.07 Å². The highest BCUT2D eigenvalue weighted by Crippen LogP contribution is 2.24. The van der Waals surface area contributed by atoms with Gasteiger partial charge in [-0.25, -0.2) is 0 Å². The Labute approximate surface area is 88.7 Å². The molecule has 1 rings (SSSR count). The smallest absolute Gasteiger partial charge is 0.313 e. The molecule has 0 fully saturated rings. The van der Waals surface area contributed by atoms with Crippen molar-refractivity contribution < 1.29 is 14.7 Å². The minimum Gasteiger partial charge on any atom is -0.481 e. The molecule has 0 aromatic heterocycles. The van der Waals surface area contributed by atoms with Crippen LogP contribution in [0.1, 0.15) is 25.0 Å². The van der Waals surface area contributed by atoms with E-state index in [4.69, 9.17) is 5.11 Å². The lowest BCUT2D eigenvalue weighted by Crippen LogP contribution is -2.28. The second-order valence-electron chi connectivity index (χ2n) is 4.00. The Kier molecular flexibility index (Phi) is 3.24. The highest BCUT2D eigenvalue weighted by Gasteiger charge is 2.29. The van der Waals surface area contributed by atoms with Crippen molar-refractivity contribution in [3.8, 4) is 0 Å². The van der Waals surface area contributed by atoms with Crippen LogP contribution >= 0.6 is 0 Å². The average molecular weight is 206 g/mol. The number of aliphatic carboxylic acids is 1. The summed E-state index contributed by atoms with van der Waals surface area (Å²) in [5, 5.41) is 9.05. The molecule has 0 radical (unpaired) electrons. The number of benzene rings is 1. The van der Waals surface area contributed by atoms with Gasteiger partial charge in [0.05, 0.1) is 5.41 Å². The molecule has 3 nitrogen and oxygen atoms in total. The van der Waals surface area contributed by atoms with Crippen molar-refractivity contribution in [1.82, 2.24) is 0 Å². The van der Waals surface area contributed by atoms with Crippen LogP contribution < -0.4 is 0 Å². The maximum Gasteiger partial charge on any atom is 0.313 e. The SMILES string of the molecule is CC(C)(C(=O)O)c1cccc(CC=O)c1. The lowest BCUT2D eigenvalue weighted by molar-refractivity contribution is -0.142. The largest absolute Gasteiger partial charge is 0.481 e. The molecule has 0 amide bonds. The third-order valence-electron chi connectivity index (χ3n) is 2.50. The van der Waals surface area contributed by atoms with Gasteiger partial charge in [0.25, 0.3) is 0 Å². The molecular formula is C12H14O3. The first kappa shape index (κ1) is 11.4. The Morgan fingerprint density at radius 2 is 2.13 bits per heavy atom. The quantitative estimate of drug-likeness (QED) is 0.764. The number of carbonyl (C=O) groups excluding carboxylic acids is 1. The zero-order valence-corrected chi connectivity index (χ0v) is 8.86. The number of carbonyl (C=O) groups is 2. The predicted molar refractivity (Wildman–Crippen MR) is 56.9 cm³/mol. The third kappa shape index (κ3) is 2.43. The van der Waals surface area contributed by atoms with Crippen molar-refractivity contribution in [2.24, 2.45) is 0 Å². The van der Waals surface area contributed by atoms with Gasteiger partial charge < -0.3 is 9.90 Å². The molecule has 0 aliphatic heterocycles. The zero-order valence-electron chi connectivity index (χ0n) is 8.86. The number of hydrogen-bond donors (Lipinski definition) is 1. The maximum absolute atomic E-state index is 11.0. The molecule has 1 N–H and O–H groups in total. The van der Waals surface area contributed by atoms with Crippen LogP contribution in [0.15, 0.2) is 24.3 Å². The summed E-state index contributed by atoms with van der Waals surface area (Å²) in [4.78, 5) is 21.4. The van der Waals surface area contributed by atoms with Crippen molar-refractivity contribution in [3.05, 3.63) is 35.4 Å². The zero-order chi connectivity index (χ0) is 11.5. The molecule has 0 aliphatic carbocycles. The lowest BCUT2D eigenvalue weighted by Gasteiger charge is -2.20. The molecule has 0 unspecified atom stereocenters. The summed E-state index contributed by atoms with van der Waals surface area (Å²) in [5.74, 6) is -0.870. The summed E-state index contributed by atoms with van der Waals surface area (Å²) >= 11 is 0. The van der Waals surface area contributed by atoms with Gasteiger partial charge in [-0.05, 0) is 25.0 Å². The van der Waals surface area contributed by atoms with E-state index < -0.39 is 11.4 Å². The average Bonchev–Trinajstić information content (AvgIpc) is 2.18. The van der Waals surface area contributed by atoms with Crippen molar-refractivity contribution >= 4 is 12.3 Å². The second-order valence-corrected chi connectivity index (χ2v) is 4.00. The third-order valence-corrected chi connectivity index (χ3v) is 2.50. The summed E-state index contributed by atoms with van der Waals surface area (Å²) < 4.78 is 0. The fourth-order valence-corrected chi connectivity index (χ4v) is 1.31. The molecule has 1 aromatic carbocycles. The molecule has 0 saturated carbocycles. The molecule has 0 spiro atoms. The molecule has 0 heterocycles. The molecule has 0 bridgehead atoms. The van der Waals surface area contributed by atoms with Crippen LogP contribution in [0, 0.1) is 0 Å². The standard InChI is InChI=1S/C12H14O3/c1-12(2,11(14)15)10-5-3-4-9(8-10)6-7-13/h3-5,7-8H,6H2,1-2H3,(H,14,15). The number of carboxylic acids is 1. The Morgan fingerprint density at radius 1 is 1.47 bits per heavy atom. The Balaban J connectivity index is 3.09. The lowest BCUT2D eigenvalue weighted by atomic mass is 9.84. The van der Waals surface area contributed by atoms with Crippen LogP contribution in [-0.4, -0.2) is 17.4 Å². The van der Waals surface area contributed by atoms with Gasteiger partial charge >= 0.3 is 5.97 Å². The number of hydrogen-bond acceptors (Lipinski definition) is 2. The summed E-state index contributed by atoms with van der Waals surface area (Å²) in [6.45, 7) is 3.30. The Morgan fingerprint density at radius 3 is 2.67 bits per heavy atom. The van der Waals surface area contributed by atoms with Crippen LogP contribution in [0.5, 0.6) is 0 Å². The van der Waals surface area contributed by atoms with Gasteiger partial charge in [0.1, 0.15) is 6.29 Å². The summed E-state index contributed by atoms with van der Waals surface area (Å²) in [6.07, 6.45) is 1.14. The van der Waals surface area contributed by atoms with Gasteiger partial charge in [-0.3, -0.25) is 4.79 Å². The van der Waals surface area contributed by atoms with Crippen molar-refractivity contribution in [1.29, 1.82) is 0 Å². The van der Waals surface area contributed by atoms with Gasteiger partial charge in [-0.1, -0.05) is 24.3 Å². The van der Waals surface area contributed by atoms with Crippen LogP contribution in [0.25, 0.3) is 0 Å². The highest BCUT2D eigenvalue weighted by atomic mass is 16.4. The first-order valence-corrected chi connectivity index (χ1v) is 4.75. The fourth-order valence-electron chi connectivity index (χ4n) is 1.31. The van der Waals surface area contributed by atoms with E-state index in [0.717, 1.165) is 11.8 Å². The van der Waals surface area contributed by atoms with Crippen LogP contribution in [-0.2, 0) is 21.4 Å². The van der Waals surface area contributed by atoms with Gasteiger partial charge in [0, 0.05) is 6.42 Å². The van der Waals surface area contributed by atoms with Crippen molar-refractivity contribution in [3.63, 3.8) is 0 Å². The first-order chi connectivity index (χ1) is 6.98. The van der Waals surface area contributed by atoms with Crippen molar-refractivity contribution in [2.45, 2.75) is 25.7 Å². The molecular weight excluding hydrogens is 192 g/mol. The topological polar surface area (TPSA) is 54.4 Å². The molecule has 0 atom stereocenters. The molecule has 1 aromatic rings. The highest BCUT2D eigenvalue weighted by molar-refractivity contribution is 5.80. The van der Waals surface area contributed by atoms with E-state index in [1.165, 1.54) is 0 Å². The minimum absolute atomic E-state index is 0.323. The fraction of sp³-hybridized carbons (Fsp3) is 0.333. The molecule has 0 aliphatic rings. The number of carboxylic acid groups (broad SMARTS) is 1. The van der Waals surface area contributed by atoms with Crippen molar-refractivity contribution in [2.75, 3.05) is 0 Å². The molecule has 80 valence electrons. The normalized spacial score (nSPS) is 11.1. The second kappa shape index (κ2) is 4.26. The number of rotatable bonds is 4. The monoisotopic (exact) mass is 206 g/mol. The number of aldehydes is 1. The predicted octanol–water partition coefficient (Wildman–Crippen LogP) is 1.79. The van der Waals surface area contributed by atoms with E-state index in [-0.39, 0.29) is 0 Å². The maximum atomic E-state index is 11.0. The summed E-state index contributed by atoms with van der Waals surface area (Å²) in [5.41, 5.74) is 0.644. The van der Waals surface area contributed by atoms with E-state index >= 15 is 0 Å². The van der Waals surface area contributed by atoms with E-state index in [0.29, 0.717) is 12.0 Å². The van der Waals surface area contributed by atoms with Crippen LogP contribution in [0.2, 0.25) is 0 Å². The summed E-state index contributed by atoms with van der Waals surface area (Å²) in [7, 11) is 0. The van der Waals surface area contributed by atoms with Gasteiger partial charge in [-0.15, -0.1) is 0 Å². The van der Waals surface area contributed by atoms with E-state index in [1.54, 1.807) is 32.0 Å². The minimum atomic E-state index is -0.918. The summed E-state index contributed by atoms with van der Waals surface area (Å²) in [6, 6.07) is 7.12. The molecule has 0 saturated heterocycles. The van der Waals surface area contributed by atoms with Crippen LogP contribution in [0.3, 0.4) is 0 Å². The van der Waals surface area contributed by atoms with Gasteiger partial charge in [-0.2, -0.15) is 0 Å². The van der Waals surface area contributed by atoms with Gasteiger partial charge in [0.2, 0.25) is 0 Å². The molecule has 3 heteroatoms.